The van der Waals surface area contributed by atoms with Crippen molar-refractivity contribution in [1.82, 2.24) is 10.2 Å². The smallest absolute Gasteiger partial charge is 0.327 e. The largest absolute Gasteiger partial charge is 0.480 e. The van der Waals surface area contributed by atoms with Gasteiger partial charge in [0, 0.05) is 12.3 Å². The molecule has 1 heterocycles. The zero-order valence-corrected chi connectivity index (χ0v) is 12.4. The molecule has 1 saturated carbocycles. The number of carboxylic acids is 1. The second-order valence-corrected chi connectivity index (χ2v) is 6.62. The molecule has 1 aliphatic heterocycles. The van der Waals surface area contributed by atoms with Crippen molar-refractivity contribution in [1.29, 1.82) is 0 Å². The van der Waals surface area contributed by atoms with Crippen molar-refractivity contribution in [3.05, 3.63) is 35.9 Å². The molecule has 1 saturated heterocycles. The molecule has 6 heteroatoms. The Bertz CT molecular complexity index is 533. The van der Waals surface area contributed by atoms with Crippen LogP contribution >= 0.6 is 11.8 Å². The van der Waals surface area contributed by atoms with E-state index in [1.807, 2.05) is 30.3 Å². The van der Waals surface area contributed by atoms with Crippen molar-refractivity contribution in [2.75, 3.05) is 5.75 Å². The Morgan fingerprint density at radius 3 is 2.62 bits per heavy atom. The van der Waals surface area contributed by atoms with Crippen LogP contribution in [0.1, 0.15) is 18.4 Å². The molecule has 1 aliphatic carbocycles. The summed E-state index contributed by atoms with van der Waals surface area (Å²) in [6.45, 7) is 0.421. The molecule has 2 unspecified atom stereocenters. The molecule has 0 bridgehead atoms. The molecule has 2 amide bonds. The molecule has 0 spiro atoms. The minimum Gasteiger partial charge on any atom is -0.480 e. The zero-order valence-electron chi connectivity index (χ0n) is 11.6. The first-order chi connectivity index (χ1) is 10.2. The number of urea groups is 1. The minimum absolute atomic E-state index is 0.0156. The topological polar surface area (TPSA) is 69.6 Å². The predicted octanol–water partition coefficient (Wildman–Crippen LogP) is 2.13. The van der Waals surface area contributed by atoms with Crippen LogP contribution < -0.4 is 5.32 Å². The number of rotatable bonds is 4. The van der Waals surface area contributed by atoms with E-state index in [0.717, 1.165) is 18.4 Å². The van der Waals surface area contributed by atoms with Crippen molar-refractivity contribution in [3.63, 3.8) is 0 Å². The lowest BCUT2D eigenvalue weighted by Gasteiger charge is -2.27. The Hall–Kier alpha value is -1.69. The van der Waals surface area contributed by atoms with Gasteiger partial charge in [-0.1, -0.05) is 30.3 Å². The number of nitrogens with one attached hydrogen (secondary N) is 1. The maximum absolute atomic E-state index is 12.4. The summed E-state index contributed by atoms with van der Waals surface area (Å²) in [4.78, 5) is 25.3. The molecule has 2 atom stereocenters. The number of benzene rings is 1. The van der Waals surface area contributed by atoms with E-state index in [-0.39, 0.29) is 11.4 Å². The van der Waals surface area contributed by atoms with Crippen molar-refractivity contribution >= 4 is 23.8 Å². The van der Waals surface area contributed by atoms with Gasteiger partial charge in [-0.05, 0) is 24.3 Å². The van der Waals surface area contributed by atoms with Crippen LogP contribution in [0.25, 0.3) is 0 Å². The van der Waals surface area contributed by atoms with Crippen LogP contribution in [0.2, 0.25) is 0 Å². The van der Waals surface area contributed by atoms with E-state index in [0.29, 0.717) is 18.2 Å². The van der Waals surface area contributed by atoms with Gasteiger partial charge >= 0.3 is 12.0 Å². The molecule has 2 N–H and O–H groups in total. The molecule has 21 heavy (non-hydrogen) atoms. The van der Waals surface area contributed by atoms with Gasteiger partial charge < -0.3 is 10.4 Å². The molecule has 1 aromatic rings. The quantitative estimate of drug-likeness (QED) is 0.894. The highest BCUT2D eigenvalue weighted by Gasteiger charge is 2.48. The van der Waals surface area contributed by atoms with Gasteiger partial charge in [0.1, 0.15) is 6.04 Å². The summed E-state index contributed by atoms with van der Waals surface area (Å²) in [5.41, 5.74) is 1.01. The highest BCUT2D eigenvalue weighted by molar-refractivity contribution is 8.00. The Morgan fingerprint density at radius 1 is 1.29 bits per heavy atom. The molecule has 5 nitrogen and oxygen atoms in total. The second kappa shape index (κ2) is 5.97. The summed E-state index contributed by atoms with van der Waals surface area (Å²) < 4.78 is 0. The van der Waals surface area contributed by atoms with Gasteiger partial charge in [0.2, 0.25) is 0 Å². The summed E-state index contributed by atoms with van der Waals surface area (Å²) in [5.74, 6) is 0.0252. The van der Waals surface area contributed by atoms with E-state index in [1.165, 1.54) is 4.90 Å². The molecule has 2 aliphatic rings. The summed E-state index contributed by atoms with van der Waals surface area (Å²) >= 11 is 1.59. The van der Waals surface area contributed by atoms with Crippen LogP contribution in [0.5, 0.6) is 0 Å². The molecule has 112 valence electrons. The van der Waals surface area contributed by atoms with Gasteiger partial charge in [0.05, 0.1) is 5.37 Å². The lowest BCUT2D eigenvalue weighted by Crippen LogP contribution is -2.50. The number of carbonyl (C=O) groups is 2. The number of hydrogen-bond acceptors (Lipinski definition) is 3. The van der Waals surface area contributed by atoms with Gasteiger partial charge in [0.15, 0.2) is 0 Å². The van der Waals surface area contributed by atoms with Crippen molar-refractivity contribution < 1.29 is 14.7 Å². The number of thioether (sulfide) groups is 1. The van der Waals surface area contributed by atoms with Gasteiger partial charge in [-0.3, -0.25) is 4.90 Å². The van der Waals surface area contributed by atoms with Crippen LogP contribution in [0.4, 0.5) is 4.79 Å². The Kier molecular flexibility index (Phi) is 4.05. The third-order valence-electron chi connectivity index (χ3n) is 3.87. The summed E-state index contributed by atoms with van der Waals surface area (Å²) in [5, 5.41) is 12.2. The van der Waals surface area contributed by atoms with Crippen molar-refractivity contribution in [3.8, 4) is 0 Å². The fourth-order valence-electron chi connectivity index (χ4n) is 2.58. The number of amides is 2. The first-order valence-corrected chi connectivity index (χ1v) is 8.16. The van der Waals surface area contributed by atoms with Crippen molar-refractivity contribution in [2.45, 2.75) is 30.8 Å². The van der Waals surface area contributed by atoms with Crippen LogP contribution in [0, 0.1) is 5.92 Å². The Balaban J connectivity index is 1.66. The van der Waals surface area contributed by atoms with Gasteiger partial charge in [-0.2, -0.15) is 0 Å². The first kappa shape index (κ1) is 14.3. The third-order valence-corrected chi connectivity index (χ3v) is 5.33. The zero-order chi connectivity index (χ0) is 14.8. The highest BCUT2D eigenvalue weighted by atomic mass is 32.2. The fraction of sp³-hybridized carbons (Fsp3) is 0.467. The maximum atomic E-state index is 12.4. The van der Waals surface area contributed by atoms with Crippen LogP contribution in [0.3, 0.4) is 0 Å². The van der Waals surface area contributed by atoms with Gasteiger partial charge in [-0.25, -0.2) is 9.59 Å². The summed E-state index contributed by atoms with van der Waals surface area (Å²) in [7, 11) is 0. The van der Waals surface area contributed by atoms with E-state index in [1.54, 1.807) is 11.8 Å². The SMILES string of the molecule is O=C(O)C1CSC(C2CC2)N1C(=O)NCc1ccccc1. The normalized spacial score (nSPS) is 24.9. The average molecular weight is 306 g/mol. The lowest BCUT2D eigenvalue weighted by atomic mass is 10.2. The molecule has 1 aromatic carbocycles. The number of aliphatic carboxylic acids is 1. The van der Waals surface area contributed by atoms with Gasteiger partial charge in [0.25, 0.3) is 0 Å². The minimum atomic E-state index is -0.916. The van der Waals surface area contributed by atoms with Gasteiger partial charge in [-0.15, -0.1) is 11.8 Å². The molecule has 0 radical (unpaired) electrons. The van der Waals surface area contributed by atoms with Crippen molar-refractivity contribution in [2.24, 2.45) is 5.92 Å². The van der Waals surface area contributed by atoms with E-state index in [2.05, 4.69) is 5.32 Å². The van der Waals surface area contributed by atoms with E-state index < -0.39 is 12.0 Å². The van der Waals surface area contributed by atoms with Crippen LogP contribution in [-0.2, 0) is 11.3 Å². The Morgan fingerprint density at radius 2 is 2.00 bits per heavy atom. The molecular weight excluding hydrogens is 288 g/mol. The first-order valence-electron chi connectivity index (χ1n) is 7.11. The van der Waals surface area contributed by atoms with Crippen LogP contribution in [0.15, 0.2) is 30.3 Å². The number of carboxylic acid groups (broad SMARTS) is 1. The number of carbonyl (C=O) groups excluding carboxylic acids is 1. The highest BCUT2D eigenvalue weighted by Crippen LogP contribution is 2.45. The molecule has 2 fully saturated rings. The summed E-state index contributed by atoms with van der Waals surface area (Å²) in [6.07, 6.45) is 2.18. The molecule has 3 rings (SSSR count). The number of nitrogens with zero attached hydrogens (tertiary/aromatic N) is 1. The number of hydrogen-bond donors (Lipinski definition) is 2. The van der Waals surface area contributed by atoms with E-state index in [4.69, 9.17) is 0 Å². The second-order valence-electron chi connectivity index (χ2n) is 5.47. The lowest BCUT2D eigenvalue weighted by molar-refractivity contribution is -0.141. The standard InChI is InChI=1S/C15H18N2O3S/c18-14(19)12-9-21-13(11-6-7-11)17(12)15(20)16-8-10-4-2-1-3-5-10/h1-5,11-13H,6-9H2,(H,16,20)(H,18,19). The Labute approximate surface area is 127 Å². The summed E-state index contributed by atoms with van der Waals surface area (Å²) in [6, 6.07) is 8.65. The maximum Gasteiger partial charge on any atom is 0.327 e. The average Bonchev–Trinajstić information content (AvgIpc) is 3.24. The monoisotopic (exact) mass is 306 g/mol. The fourth-order valence-corrected chi connectivity index (χ4v) is 4.21. The van der Waals surface area contributed by atoms with Crippen LogP contribution in [-0.4, -0.2) is 39.2 Å². The molecular formula is C15H18N2O3S. The van der Waals surface area contributed by atoms with E-state index >= 15 is 0 Å². The third kappa shape index (κ3) is 3.15. The molecule has 0 aromatic heterocycles. The predicted molar refractivity (Wildman–Crippen MR) is 80.9 cm³/mol. The van der Waals surface area contributed by atoms with E-state index in [9.17, 15) is 14.7 Å².